The van der Waals surface area contributed by atoms with Crippen molar-refractivity contribution in [3.05, 3.63) is 138 Å². The van der Waals surface area contributed by atoms with E-state index in [1.165, 1.54) is 0 Å². The SMILES string of the molecule is CC[C@H](C)NC(=O)[C@H](Cc1ccccc1)N(Cc1cccc(OC)c1)C(=O)CC(c1ccccc1)c1ccccc1. The van der Waals surface area contributed by atoms with Crippen LogP contribution in [0.3, 0.4) is 0 Å². The van der Waals surface area contributed by atoms with Gasteiger partial charge >= 0.3 is 0 Å². The Morgan fingerprint density at radius 2 is 1.34 bits per heavy atom. The Bertz CT molecular complexity index is 1340. The van der Waals surface area contributed by atoms with Gasteiger partial charge in [0.25, 0.3) is 0 Å². The maximum Gasteiger partial charge on any atom is 0.243 e. The summed E-state index contributed by atoms with van der Waals surface area (Å²) in [6.07, 6.45) is 1.46. The van der Waals surface area contributed by atoms with Crippen LogP contribution in [0.4, 0.5) is 0 Å². The minimum atomic E-state index is -0.683. The Hall–Kier alpha value is -4.38. The minimum Gasteiger partial charge on any atom is -0.497 e. The van der Waals surface area contributed by atoms with Crippen LogP contribution in [0.1, 0.15) is 54.9 Å². The number of rotatable bonds is 13. The molecule has 0 fully saturated rings. The van der Waals surface area contributed by atoms with E-state index in [4.69, 9.17) is 4.74 Å². The molecule has 212 valence electrons. The molecule has 4 aromatic carbocycles. The molecule has 1 N–H and O–H groups in total. The Kier molecular flexibility index (Phi) is 10.7. The van der Waals surface area contributed by atoms with Gasteiger partial charge in [-0.25, -0.2) is 0 Å². The summed E-state index contributed by atoms with van der Waals surface area (Å²) in [5.41, 5.74) is 4.04. The molecule has 0 aliphatic heterocycles. The predicted octanol–water partition coefficient (Wildman–Crippen LogP) is 6.77. The van der Waals surface area contributed by atoms with Crippen LogP contribution in [0, 0.1) is 0 Å². The molecule has 0 saturated carbocycles. The third kappa shape index (κ3) is 8.31. The molecule has 4 rings (SSSR count). The second-order valence-corrected chi connectivity index (χ2v) is 10.5. The molecule has 2 atom stereocenters. The molecule has 4 aromatic rings. The summed E-state index contributed by atoms with van der Waals surface area (Å²) < 4.78 is 5.47. The van der Waals surface area contributed by atoms with Crippen LogP contribution in [0.25, 0.3) is 0 Å². The van der Waals surface area contributed by atoms with E-state index < -0.39 is 6.04 Å². The largest absolute Gasteiger partial charge is 0.497 e. The Morgan fingerprint density at radius 1 is 0.780 bits per heavy atom. The van der Waals surface area contributed by atoms with Crippen LogP contribution >= 0.6 is 0 Å². The number of carbonyl (C=O) groups is 2. The third-order valence-electron chi connectivity index (χ3n) is 7.54. The molecule has 0 bridgehead atoms. The van der Waals surface area contributed by atoms with Crippen LogP contribution in [-0.4, -0.2) is 35.9 Å². The predicted molar refractivity (Wildman–Crippen MR) is 165 cm³/mol. The molecule has 2 amide bonds. The van der Waals surface area contributed by atoms with Crippen LogP contribution in [-0.2, 0) is 22.6 Å². The number of benzene rings is 4. The van der Waals surface area contributed by atoms with Gasteiger partial charge in [-0.05, 0) is 47.7 Å². The molecule has 0 radical (unpaired) electrons. The second-order valence-electron chi connectivity index (χ2n) is 10.5. The number of carbonyl (C=O) groups excluding carboxylic acids is 2. The number of ether oxygens (including phenoxy) is 1. The third-order valence-corrected chi connectivity index (χ3v) is 7.54. The first kappa shape index (κ1) is 29.6. The van der Waals surface area contributed by atoms with E-state index in [1.54, 1.807) is 12.0 Å². The first-order chi connectivity index (χ1) is 20.0. The normalized spacial score (nSPS) is 12.4. The molecule has 5 heteroatoms. The number of nitrogens with one attached hydrogen (secondary N) is 1. The quantitative estimate of drug-likeness (QED) is 0.201. The van der Waals surface area contributed by atoms with Gasteiger partial charge in [0.1, 0.15) is 11.8 Å². The zero-order valence-corrected chi connectivity index (χ0v) is 24.2. The zero-order valence-electron chi connectivity index (χ0n) is 24.2. The van der Waals surface area contributed by atoms with Gasteiger partial charge in [-0.15, -0.1) is 0 Å². The summed E-state index contributed by atoms with van der Waals surface area (Å²) in [5, 5.41) is 3.15. The van der Waals surface area contributed by atoms with Gasteiger partial charge in [0.05, 0.1) is 7.11 Å². The van der Waals surface area contributed by atoms with E-state index in [9.17, 15) is 9.59 Å². The highest BCUT2D eigenvalue weighted by atomic mass is 16.5. The lowest BCUT2D eigenvalue weighted by Gasteiger charge is -2.33. The van der Waals surface area contributed by atoms with Gasteiger partial charge < -0.3 is 15.0 Å². The van der Waals surface area contributed by atoms with E-state index in [-0.39, 0.29) is 36.7 Å². The summed E-state index contributed by atoms with van der Waals surface area (Å²) in [6, 6.07) is 37.2. The zero-order chi connectivity index (χ0) is 29.0. The van der Waals surface area contributed by atoms with E-state index in [0.29, 0.717) is 12.2 Å². The van der Waals surface area contributed by atoms with Crippen molar-refractivity contribution in [3.8, 4) is 5.75 Å². The number of hydrogen-bond donors (Lipinski definition) is 1. The number of amides is 2. The second kappa shape index (κ2) is 14.8. The molecule has 0 unspecified atom stereocenters. The molecular weight excluding hydrogens is 508 g/mol. The van der Waals surface area contributed by atoms with Crippen molar-refractivity contribution in [2.45, 2.75) is 57.7 Å². The smallest absolute Gasteiger partial charge is 0.243 e. The van der Waals surface area contributed by atoms with E-state index in [2.05, 4.69) is 29.6 Å². The van der Waals surface area contributed by atoms with Gasteiger partial charge in [-0.2, -0.15) is 0 Å². The van der Waals surface area contributed by atoms with Crippen molar-refractivity contribution in [2.75, 3.05) is 7.11 Å². The Morgan fingerprint density at radius 3 is 1.90 bits per heavy atom. The molecule has 5 nitrogen and oxygen atoms in total. The van der Waals surface area contributed by atoms with Crippen molar-refractivity contribution in [1.82, 2.24) is 10.2 Å². The molecule has 41 heavy (non-hydrogen) atoms. The standard InChI is InChI=1S/C36H40N2O3/c1-4-27(2)37-36(40)34(24-28-15-8-5-9-16-28)38(26-29-17-14-22-32(23-29)41-3)35(39)25-33(30-18-10-6-11-19-30)31-20-12-7-13-21-31/h5-23,27,33-34H,4,24-26H2,1-3H3,(H,37,40)/t27-,34-/m0/s1. The van der Waals surface area contributed by atoms with Crippen LogP contribution in [0.5, 0.6) is 5.75 Å². The van der Waals surface area contributed by atoms with E-state index in [0.717, 1.165) is 28.7 Å². The van der Waals surface area contributed by atoms with Crippen molar-refractivity contribution in [2.24, 2.45) is 0 Å². The summed E-state index contributed by atoms with van der Waals surface area (Å²) in [6.45, 7) is 4.32. The lowest BCUT2D eigenvalue weighted by Crippen LogP contribution is -2.52. The van der Waals surface area contributed by atoms with Gasteiger partial charge in [-0.3, -0.25) is 9.59 Å². The average Bonchev–Trinajstić information content (AvgIpc) is 3.02. The fraction of sp³-hybridized carbons (Fsp3) is 0.278. The molecule has 0 aromatic heterocycles. The minimum absolute atomic E-state index is 0.00377. The molecule has 0 aliphatic carbocycles. The Balaban J connectivity index is 1.75. The van der Waals surface area contributed by atoms with Crippen molar-refractivity contribution in [1.29, 1.82) is 0 Å². The van der Waals surface area contributed by atoms with Gasteiger partial charge in [-0.1, -0.05) is 110 Å². The molecule has 0 aliphatic rings. The number of methoxy groups -OCH3 is 1. The molecule has 0 spiro atoms. The number of nitrogens with zero attached hydrogens (tertiary/aromatic N) is 1. The molecule has 0 saturated heterocycles. The summed E-state index contributed by atoms with van der Waals surface area (Å²) in [4.78, 5) is 30.1. The van der Waals surface area contributed by atoms with Crippen molar-refractivity contribution >= 4 is 11.8 Å². The van der Waals surface area contributed by atoms with Gasteiger partial charge in [0, 0.05) is 31.3 Å². The van der Waals surface area contributed by atoms with Gasteiger partial charge in [0.2, 0.25) is 11.8 Å². The van der Waals surface area contributed by atoms with E-state index >= 15 is 0 Å². The summed E-state index contributed by atoms with van der Waals surface area (Å²) in [5.74, 6) is 0.346. The maximum absolute atomic E-state index is 14.5. The maximum atomic E-state index is 14.5. The van der Waals surface area contributed by atoms with Crippen molar-refractivity contribution < 1.29 is 14.3 Å². The highest BCUT2D eigenvalue weighted by Crippen LogP contribution is 2.30. The van der Waals surface area contributed by atoms with Crippen LogP contribution in [0.15, 0.2) is 115 Å². The van der Waals surface area contributed by atoms with Crippen LogP contribution < -0.4 is 10.1 Å². The number of hydrogen-bond acceptors (Lipinski definition) is 3. The van der Waals surface area contributed by atoms with Crippen molar-refractivity contribution in [3.63, 3.8) is 0 Å². The molecule has 0 heterocycles. The Labute approximate surface area is 244 Å². The average molecular weight is 549 g/mol. The summed E-state index contributed by atoms with van der Waals surface area (Å²) in [7, 11) is 1.63. The monoisotopic (exact) mass is 548 g/mol. The first-order valence-corrected chi connectivity index (χ1v) is 14.3. The lowest BCUT2D eigenvalue weighted by atomic mass is 9.87. The highest BCUT2D eigenvalue weighted by Gasteiger charge is 2.32. The highest BCUT2D eigenvalue weighted by molar-refractivity contribution is 5.88. The van der Waals surface area contributed by atoms with Gasteiger partial charge in [0.15, 0.2) is 0 Å². The molecular formula is C36H40N2O3. The van der Waals surface area contributed by atoms with Crippen LogP contribution in [0.2, 0.25) is 0 Å². The lowest BCUT2D eigenvalue weighted by molar-refractivity contribution is -0.141. The summed E-state index contributed by atoms with van der Waals surface area (Å²) >= 11 is 0. The fourth-order valence-corrected chi connectivity index (χ4v) is 5.05. The van der Waals surface area contributed by atoms with E-state index in [1.807, 2.05) is 105 Å². The topological polar surface area (TPSA) is 58.6 Å². The fourth-order valence-electron chi connectivity index (χ4n) is 5.05. The first-order valence-electron chi connectivity index (χ1n) is 14.3.